The lowest BCUT2D eigenvalue weighted by Crippen LogP contribution is -2.26. The van der Waals surface area contributed by atoms with Crippen molar-refractivity contribution in [1.29, 1.82) is 0 Å². The lowest BCUT2D eigenvalue weighted by molar-refractivity contribution is 0.0696. The van der Waals surface area contributed by atoms with E-state index >= 15 is 0 Å². The number of hydrogen-bond donors (Lipinski definition) is 2. The molecule has 0 saturated carbocycles. The van der Waals surface area contributed by atoms with Crippen LogP contribution in [0.3, 0.4) is 0 Å². The van der Waals surface area contributed by atoms with E-state index in [4.69, 9.17) is 5.11 Å². The summed E-state index contributed by atoms with van der Waals surface area (Å²) in [5.74, 6) is -1.15. The summed E-state index contributed by atoms with van der Waals surface area (Å²) < 4.78 is 27.4. The Kier molecular flexibility index (Phi) is 5.09. The molecule has 0 atom stereocenters. The molecule has 0 aliphatic rings. The molecule has 0 amide bonds. The fourth-order valence-electron chi connectivity index (χ4n) is 1.53. The first kappa shape index (κ1) is 16.1. The van der Waals surface area contributed by atoms with E-state index in [2.05, 4.69) is 25.6 Å². The predicted octanol–water partition coefficient (Wildman–Crippen LogP) is 2.12. The van der Waals surface area contributed by atoms with Gasteiger partial charge >= 0.3 is 5.97 Å². The zero-order valence-corrected chi connectivity index (χ0v) is 13.8. The highest BCUT2D eigenvalue weighted by Crippen LogP contribution is 2.22. The number of sulfonamides is 1. The average Bonchev–Trinajstić information content (AvgIpc) is 2.84. The van der Waals surface area contributed by atoms with E-state index < -0.39 is 16.0 Å². The molecule has 0 saturated heterocycles. The number of carboxylic acid groups (broad SMARTS) is 1. The number of nitrogens with one attached hydrogen (secondary N) is 1. The molecule has 2 N–H and O–H groups in total. The lowest BCUT2D eigenvalue weighted by atomic mass is 10.3. The summed E-state index contributed by atoms with van der Waals surface area (Å²) in [6.45, 7) is 0.248. The van der Waals surface area contributed by atoms with Gasteiger partial charge in [-0.1, -0.05) is 0 Å². The van der Waals surface area contributed by atoms with Gasteiger partial charge in [-0.2, -0.15) is 0 Å². The molecule has 2 aromatic rings. The molecule has 0 bridgehead atoms. The van der Waals surface area contributed by atoms with E-state index in [1.807, 2.05) is 12.1 Å². The quantitative estimate of drug-likeness (QED) is 0.787. The van der Waals surface area contributed by atoms with Crippen LogP contribution in [0.1, 0.15) is 15.2 Å². The molecule has 2 rings (SSSR count). The van der Waals surface area contributed by atoms with Gasteiger partial charge in [-0.25, -0.2) is 22.9 Å². The number of aromatic nitrogens is 1. The fraction of sp³-hybridized carbons (Fsp3) is 0.167. The van der Waals surface area contributed by atoms with Crippen molar-refractivity contribution in [3.63, 3.8) is 0 Å². The Hall–Kier alpha value is -1.29. The maximum atomic E-state index is 12.0. The number of hydrogen-bond acceptors (Lipinski definition) is 5. The Morgan fingerprint density at radius 1 is 1.33 bits per heavy atom. The van der Waals surface area contributed by atoms with Crippen molar-refractivity contribution >= 4 is 43.3 Å². The van der Waals surface area contributed by atoms with Gasteiger partial charge in [0.2, 0.25) is 0 Å². The van der Waals surface area contributed by atoms with Gasteiger partial charge in [0.05, 0.1) is 9.35 Å². The van der Waals surface area contributed by atoms with Crippen molar-refractivity contribution in [3.8, 4) is 0 Å². The first-order valence-electron chi connectivity index (χ1n) is 5.82. The highest BCUT2D eigenvalue weighted by atomic mass is 79.9. The van der Waals surface area contributed by atoms with Crippen LogP contribution in [0.25, 0.3) is 0 Å². The van der Waals surface area contributed by atoms with Crippen molar-refractivity contribution < 1.29 is 18.3 Å². The van der Waals surface area contributed by atoms with Gasteiger partial charge in [0, 0.05) is 17.6 Å². The third kappa shape index (κ3) is 4.34. The minimum absolute atomic E-state index is 0.0580. The number of nitrogens with zero attached hydrogens (tertiary/aromatic N) is 1. The van der Waals surface area contributed by atoms with E-state index in [1.54, 1.807) is 11.3 Å². The van der Waals surface area contributed by atoms with Crippen LogP contribution in [0.5, 0.6) is 0 Å². The Bertz CT molecular complexity index is 741. The van der Waals surface area contributed by atoms with E-state index in [1.165, 1.54) is 12.1 Å². The minimum atomic E-state index is -3.73. The third-order valence-corrected chi connectivity index (χ3v) is 5.61. The topological polar surface area (TPSA) is 96.4 Å². The molecule has 2 heterocycles. The van der Waals surface area contributed by atoms with Gasteiger partial charge in [0.15, 0.2) is 5.03 Å². The van der Waals surface area contributed by atoms with E-state index in [0.717, 1.165) is 14.9 Å². The van der Waals surface area contributed by atoms with Crippen molar-refractivity contribution in [2.45, 2.75) is 11.4 Å². The van der Waals surface area contributed by atoms with Crippen LogP contribution in [-0.4, -0.2) is 31.0 Å². The average molecular weight is 391 g/mol. The molecule has 0 fully saturated rings. The molecule has 0 aliphatic heterocycles. The van der Waals surface area contributed by atoms with Crippen molar-refractivity contribution in [2.75, 3.05) is 6.54 Å². The Morgan fingerprint density at radius 2 is 2.10 bits per heavy atom. The molecule has 0 unspecified atom stereocenters. The number of pyridine rings is 1. The fourth-order valence-corrected chi connectivity index (χ4v) is 3.97. The van der Waals surface area contributed by atoms with Crippen molar-refractivity contribution in [3.05, 3.63) is 44.7 Å². The summed E-state index contributed by atoms with van der Waals surface area (Å²) >= 11 is 4.88. The summed E-state index contributed by atoms with van der Waals surface area (Å²) in [6, 6.07) is 6.21. The molecule has 112 valence electrons. The summed E-state index contributed by atoms with van der Waals surface area (Å²) in [5, 5.41) is 8.55. The molecule has 6 nitrogen and oxygen atoms in total. The van der Waals surface area contributed by atoms with Crippen LogP contribution in [-0.2, 0) is 16.4 Å². The van der Waals surface area contributed by atoms with Gasteiger partial charge in [0.1, 0.15) is 0 Å². The molecule has 0 aliphatic carbocycles. The number of rotatable bonds is 6. The van der Waals surface area contributed by atoms with Crippen LogP contribution in [0.2, 0.25) is 0 Å². The second-order valence-corrected chi connectivity index (χ2v) is 8.31. The van der Waals surface area contributed by atoms with Crippen LogP contribution in [0, 0.1) is 0 Å². The number of halogens is 1. The normalized spacial score (nSPS) is 11.5. The second-order valence-electron chi connectivity index (χ2n) is 4.04. The Balaban J connectivity index is 1.99. The van der Waals surface area contributed by atoms with Gasteiger partial charge in [0.25, 0.3) is 10.0 Å². The maximum Gasteiger partial charge on any atom is 0.337 e. The van der Waals surface area contributed by atoms with Crippen LogP contribution < -0.4 is 4.72 Å². The van der Waals surface area contributed by atoms with Crippen molar-refractivity contribution in [2.24, 2.45) is 0 Å². The summed E-state index contributed by atoms with van der Waals surface area (Å²) in [4.78, 5) is 15.4. The van der Waals surface area contributed by atoms with E-state index in [0.29, 0.717) is 6.42 Å². The molecular formula is C12H11BrN2O4S2. The highest BCUT2D eigenvalue weighted by molar-refractivity contribution is 9.11. The number of carbonyl (C=O) groups is 1. The summed E-state index contributed by atoms with van der Waals surface area (Å²) in [7, 11) is -3.73. The van der Waals surface area contributed by atoms with Gasteiger partial charge in [-0.3, -0.25) is 0 Å². The molecule has 0 radical (unpaired) electrons. The second kappa shape index (κ2) is 6.65. The molecule has 0 spiro atoms. The van der Waals surface area contributed by atoms with Crippen LogP contribution in [0.15, 0.2) is 39.3 Å². The number of thiophene rings is 1. The van der Waals surface area contributed by atoms with E-state index in [9.17, 15) is 13.2 Å². The largest absolute Gasteiger partial charge is 0.478 e. The van der Waals surface area contributed by atoms with Gasteiger partial charge in [-0.15, -0.1) is 11.3 Å². The van der Waals surface area contributed by atoms with Gasteiger partial charge in [-0.05, 0) is 46.6 Å². The standard InChI is InChI=1S/C12H11BrN2O4S2/c13-10-3-2-9(20-10)5-6-15-21(18,19)11-4-1-8(7-14-11)12(16)17/h1-4,7,15H,5-6H2,(H,16,17). The SMILES string of the molecule is O=C(O)c1ccc(S(=O)(=O)NCCc2ccc(Br)s2)nc1. The first-order valence-corrected chi connectivity index (χ1v) is 8.91. The molecular weight excluding hydrogens is 380 g/mol. The van der Waals surface area contributed by atoms with Crippen molar-refractivity contribution in [1.82, 2.24) is 9.71 Å². The minimum Gasteiger partial charge on any atom is -0.478 e. The van der Waals surface area contributed by atoms with Gasteiger partial charge < -0.3 is 5.11 Å². The Morgan fingerprint density at radius 3 is 2.62 bits per heavy atom. The lowest BCUT2D eigenvalue weighted by Gasteiger charge is -2.05. The Labute approximate surface area is 134 Å². The maximum absolute atomic E-state index is 12.0. The molecule has 0 aromatic carbocycles. The smallest absolute Gasteiger partial charge is 0.337 e. The predicted molar refractivity (Wildman–Crippen MR) is 82.1 cm³/mol. The number of aromatic carboxylic acids is 1. The summed E-state index contributed by atoms with van der Waals surface area (Å²) in [6.07, 6.45) is 1.59. The van der Waals surface area contributed by atoms with E-state index in [-0.39, 0.29) is 17.1 Å². The van der Waals surface area contributed by atoms with Crippen LogP contribution >= 0.6 is 27.3 Å². The highest BCUT2D eigenvalue weighted by Gasteiger charge is 2.16. The van der Waals surface area contributed by atoms with Crippen LogP contribution in [0.4, 0.5) is 0 Å². The monoisotopic (exact) mass is 390 g/mol. The third-order valence-electron chi connectivity index (χ3n) is 2.55. The first-order chi connectivity index (χ1) is 9.88. The molecule has 21 heavy (non-hydrogen) atoms. The number of carboxylic acids is 1. The zero-order valence-electron chi connectivity index (χ0n) is 10.6. The summed E-state index contributed by atoms with van der Waals surface area (Å²) in [5.41, 5.74) is -0.0580. The molecule has 2 aromatic heterocycles. The zero-order chi connectivity index (χ0) is 15.5. The molecule has 9 heteroatoms.